The van der Waals surface area contributed by atoms with Gasteiger partial charge in [0.05, 0.1) is 28.2 Å². The number of rotatable bonds is 3. The molecule has 6 heteroatoms. The van der Waals surface area contributed by atoms with Crippen LogP contribution < -0.4 is 0 Å². The number of benzene rings is 1. The van der Waals surface area contributed by atoms with E-state index in [1.165, 1.54) is 0 Å². The molecule has 0 spiro atoms. The molecule has 0 amide bonds. The maximum Gasteiger partial charge on any atom is 0.125 e. The third-order valence-corrected chi connectivity index (χ3v) is 6.33. The zero-order valence-corrected chi connectivity index (χ0v) is 12.1. The molecular weight excluding hydrogens is 291 g/mol. The lowest BCUT2D eigenvalue weighted by molar-refractivity contribution is 0.624. The molecule has 96 valence electrons. The van der Waals surface area contributed by atoms with Crippen LogP contribution in [-0.2, 0) is 10.8 Å². The molecule has 1 aliphatic rings. The van der Waals surface area contributed by atoms with Gasteiger partial charge in [-0.15, -0.1) is 23.2 Å². The predicted octanol–water partition coefficient (Wildman–Crippen LogP) is 3.25. The summed E-state index contributed by atoms with van der Waals surface area (Å²) in [7, 11) is -1.09. The lowest BCUT2D eigenvalue weighted by Gasteiger charge is -2.11. The molecule has 1 aromatic heterocycles. The van der Waals surface area contributed by atoms with Crippen molar-refractivity contribution in [2.45, 2.75) is 22.6 Å². The fourth-order valence-corrected chi connectivity index (χ4v) is 4.48. The molecule has 0 bridgehead atoms. The maximum absolute atomic E-state index is 12.3. The third kappa shape index (κ3) is 1.96. The molecule has 1 saturated carbocycles. The lowest BCUT2D eigenvalue weighted by Crippen LogP contribution is -2.14. The molecule has 2 atom stereocenters. The van der Waals surface area contributed by atoms with Crippen molar-refractivity contribution in [3.8, 4) is 0 Å². The van der Waals surface area contributed by atoms with Crippen molar-refractivity contribution >= 4 is 45.0 Å². The first-order valence-electron chi connectivity index (χ1n) is 5.61. The van der Waals surface area contributed by atoms with Crippen LogP contribution in [0.3, 0.4) is 0 Å². The van der Waals surface area contributed by atoms with Crippen molar-refractivity contribution < 1.29 is 4.21 Å². The highest BCUT2D eigenvalue weighted by molar-refractivity contribution is 7.85. The summed E-state index contributed by atoms with van der Waals surface area (Å²) in [4.78, 5) is 7.93. The molecule has 0 radical (unpaired) electrons. The van der Waals surface area contributed by atoms with E-state index in [1.807, 2.05) is 25.1 Å². The van der Waals surface area contributed by atoms with E-state index in [1.54, 1.807) is 6.33 Å². The summed E-state index contributed by atoms with van der Waals surface area (Å²) in [5, 5.41) is 0. The highest BCUT2D eigenvalue weighted by Gasteiger charge is 2.63. The minimum absolute atomic E-state index is 0.246. The number of aromatic nitrogens is 2. The van der Waals surface area contributed by atoms with E-state index in [0.29, 0.717) is 12.2 Å². The summed E-state index contributed by atoms with van der Waals surface area (Å²) in [5.74, 6) is 0.486. The van der Waals surface area contributed by atoms with Crippen molar-refractivity contribution in [1.29, 1.82) is 0 Å². The van der Waals surface area contributed by atoms with Gasteiger partial charge >= 0.3 is 0 Å². The van der Waals surface area contributed by atoms with Gasteiger partial charge in [0.2, 0.25) is 0 Å². The molecular formula is C12H12Cl2N2OS. The van der Waals surface area contributed by atoms with Gasteiger partial charge in [-0.05, 0) is 24.6 Å². The van der Waals surface area contributed by atoms with Crippen molar-refractivity contribution in [1.82, 2.24) is 9.97 Å². The van der Waals surface area contributed by atoms with Gasteiger partial charge in [-0.25, -0.2) is 4.98 Å². The molecule has 1 aliphatic carbocycles. The highest BCUT2D eigenvalue weighted by Crippen LogP contribution is 2.64. The molecule has 2 aromatic rings. The van der Waals surface area contributed by atoms with E-state index in [4.69, 9.17) is 23.2 Å². The summed E-state index contributed by atoms with van der Waals surface area (Å²) in [6.45, 7) is 1.97. The van der Waals surface area contributed by atoms with E-state index >= 15 is 0 Å². The second-order valence-corrected chi connectivity index (χ2v) is 7.95. The number of nitrogens with one attached hydrogen (secondary N) is 1. The summed E-state index contributed by atoms with van der Waals surface area (Å²) in [6.07, 6.45) is 2.32. The number of nitrogens with zero attached hydrogens (tertiary/aromatic N) is 1. The zero-order chi connectivity index (χ0) is 13.0. The Morgan fingerprint density at radius 1 is 1.50 bits per heavy atom. The van der Waals surface area contributed by atoms with Crippen LogP contribution in [0, 0.1) is 5.41 Å². The first-order valence-corrected chi connectivity index (χ1v) is 7.68. The Morgan fingerprint density at radius 2 is 2.22 bits per heavy atom. The van der Waals surface area contributed by atoms with Crippen LogP contribution in [0.4, 0.5) is 0 Å². The topological polar surface area (TPSA) is 45.8 Å². The van der Waals surface area contributed by atoms with Gasteiger partial charge in [-0.3, -0.25) is 4.21 Å². The number of hydrogen-bond acceptors (Lipinski definition) is 2. The average Bonchev–Trinajstić information content (AvgIpc) is 2.66. The van der Waals surface area contributed by atoms with Crippen LogP contribution >= 0.6 is 23.2 Å². The average molecular weight is 303 g/mol. The highest BCUT2D eigenvalue weighted by atomic mass is 35.5. The Balaban J connectivity index is 1.84. The van der Waals surface area contributed by atoms with Crippen LogP contribution in [0.1, 0.15) is 13.3 Å². The summed E-state index contributed by atoms with van der Waals surface area (Å²) in [6, 6.07) is 5.58. The molecule has 1 aromatic carbocycles. The number of halogens is 2. The second-order valence-electron chi connectivity index (χ2n) is 5.01. The van der Waals surface area contributed by atoms with Crippen molar-refractivity contribution in [3.63, 3.8) is 0 Å². The Labute approximate surface area is 117 Å². The molecule has 0 aliphatic heterocycles. The van der Waals surface area contributed by atoms with E-state index < -0.39 is 15.1 Å². The smallest absolute Gasteiger partial charge is 0.125 e. The molecule has 1 fully saturated rings. The number of H-pyrrole nitrogens is 1. The number of hydrogen-bond donors (Lipinski definition) is 1. The van der Waals surface area contributed by atoms with Gasteiger partial charge in [-0.1, -0.05) is 6.92 Å². The van der Waals surface area contributed by atoms with Crippen LogP contribution in [0.15, 0.2) is 29.4 Å². The van der Waals surface area contributed by atoms with E-state index in [9.17, 15) is 4.21 Å². The number of aromatic amines is 1. The van der Waals surface area contributed by atoms with Gasteiger partial charge in [-0.2, -0.15) is 0 Å². The van der Waals surface area contributed by atoms with Crippen LogP contribution in [0.25, 0.3) is 11.0 Å². The van der Waals surface area contributed by atoms with Gasteiger partial charge in [0, 0.05) is 16.1 Å². The van der Waals surface area contributed by atoms with Crippen molar-refractivity contribution in [3.05, 3.63) is 24.5 Å². The SMILES string of the molecule is CC1(CS(=O)c2ccc3nc[nH]c3c2)CC1(Cl)Cl. The number of imidazole rings is 1. The molecule has 1 heterocycles. The molecule has 1 N–H and O–H groups in total. The second kappa shape index (κ2) is 3.95. The molecule has 0 saturated heterocycles. The van der Waals surface area contributed by atoms with Gasteiger partial charge in [0.15, 0.2) is 0 Å². The van der Waals surface area contributed by atoms with E-state index in [-0.39, 0.29) is 5.41 Å². The Hall–Kier alpha value is -0.580. The number of fused-ring (bicyclic) bond motifs is 1. The first-order chi connectivity index (χ1) is 8.41. The van der Waals surface area contributed by atoms with E-state index in [0.717, 1.165) is 15.9 Å². The maximum atomic E-state index is 12.3. The molecule has 3 nitrogen and oxygen atoms in total. The van der Waals surface area contributed by atoms with Gasteiger partial charge < -0.3 is 4.98 Å². The van der Waals surface area contributed by atoms with Crippen molar-refractivity contribution in [2.24, 2.45) is 5.41 Å². The molecule has 3 rings (SSSR count). The summed E-state index contributed by atoms with van der Waals surface area (Å²) >= 11 is 12.1. The number of alkyl halides is 2. The Morgan fingerprint density at radius 3 is 2.89 bits per heavy atom. The van der Waals surface area contributed by atoms with E-state index in [2.05, 4.69) is 9.97 Å². The summed E-state index contributed by atoms with van der Waals surface area (Å²) < 4.78 is 11.6. The van der Waals surface area contributed by atoms with Gasteiger partial charge in [0.1, 0.15) is 4.33 Å². The Kier molecular flexibility index (Phi) is 2.74. The normalized spacial score (nSPS) is 27.3. The zero-order valence-electron chi connectivity index (χ0n) is 9.74. The standard InChI is InChI=1S/C12H12Cl2N2OS/c1-11(5-12(11,13)14)6-18(17)8-2-3-9-10(4-8)16-7-15-9/h2-4,7H,5-6H2,1H3,(H,15,16). The third-order valence-electron chi connectivity index (χ3n) is 3.47. The monoisotopic (exact) mass is 302 g/mol. The fourth-order valence-electron chi connectivity index (χ4n) is 2.03. The minimum Gasteiger partial charge on any atom is -0.345 e. The van der Waals surface area contributed by atoms with Crippen LogP contribution in [0.5, 0.6) is 0 Å². The van der Waals surface area contributed by atoms with Crippen LogP contribution in [0.2, 0.25) is 0 Å². The lowest BCUT2D eigenvalue weighted by atomic mass is 10.2. The van der Waals surface area contributed by atoms with Gasteiger partial charge in [0.25, 0.3) is 0 Å². The molecule has 2 unspecified atom stereocenters. The fraction of sp³-hybridized carbons (Fsp3) is 0.417. The minimum atomic E-state index is -1.09. The first kappa shape index (κ1) is 12.5. The van der Waals surface area contributed by atoms with Crippen molar-refractivity contribution in [2.75, 3.05) is 5.75 Å². The largest absolute Gasteiger partial charge is 0.345 e. The predicted molar refractivity (Wildman–Crippen MR) is 74.5 cm³/mol. The quantitative estimate of drug-likeness (QED) is 0.885. The Bertz CT molecular complexity index is 640. The summed E-state index contributed by atoms with van der Waals surface area (Å²) in [5.41, 5.74) is 1.52. The van der Waals surface area contributed by atoms with Crippen LogP contribution in [-0.4, -0.2) is 24.3 Å². The molecule has 18 heavy (non-hydrogen) atoms.